The average molecular weight is 250 g/mol. The highest BCUT2D eigenvalue weighted by atomic mass is 16.2. The minimum absolute atomic E-state index is 0.0367. The highest BCUT2D eigenvalue weighted by Crippen LogP contribution is 2.16. The van der Waals surface area contributed by atoms with Crippen molar-refractivity contribution in [3.8, 4) is 0 Å². The number of hydrogen-bond donors (Lipinski definition) is 2. The molecule has 1 amide bonds. The van der Waals surface area contributed by atoms with E-state index in [0.29, 0.717) is 6.54 Å². The summed E-state index contributed by atoms with van der Waals surface area (Å²) in [6.07, 6.45) is 1.74. The van der Waals surface area contributed by atoms with Crippen LogP contribution in [0.4, 0.5) is 11.5 Å². The number of anilines is 2. The van der Waals surface area contributed by atoms with E-state index in [9.17, 15) is 4.79 Å². The predicted octanol–water partition coefficient (Wildman–Crippen LogP) is 1.47. The lowest BCUT2D eigenvalue weighted by Crippen LogP contribution is -2.40. The van der Waals surface area contributed by atoms with Crippen molar-refractivity contribution >= 4 is 17.4 Å². The normalized spacial score (nSPS) is 10.3. The first-order valence-electron chi connectivity index (χ1n) is 6.25. The molecule has 0 aromatic carbocycles. The molecule has 0 radical (unpaired) electrons. The zero-order valence-corrected chi connectivity index (χ0v) is 11.5. The van der Waals surface area contributed by atoms with Crippen molar-refractivity contribution in [2.45, 2.75) is 26.8 Å². The highest BCUT2D eigenvalue weighted by molar-refractivity contribution is 5.81. The summed E-state index contributed by atoms with van der Waals surface area (Å²) in [7, 11) is 1.83. The molecule has 0 atom stereocenters. The van der Waals surface area contributed by atoms with Crippen molar-refractivity contribution in [3.63, 3.8) is 0 Å². The molecule has 0 saturated heterocycles. The average Bonchev–Trinajstić information content (AvgIpc) is 2.35. The Morgan fingerprint density at radius 2 is 2.22 bits per heavy atom. The fourth-order valence-corrected chi connectivity index (χ4v) is 1.68. The fraction of sp³-hybridized carbons (Fsp3) is 0.538. The van der Waals surface area contributed by atoms with E-state index in [0.717, 1.165) is 18.1 Å². The number of amides is 1. The lowest BCUT2D eigenvalue weighted by Gasteiger charge is -2.23. The number of nitrogens with zero attached hydrogens (tertiary/aromatic N) is 2. The maximum Gasteiger partial charge on any atom is 0.239 e. The van der Waals surface area contributed by atoms with Gasteiger partial charge in [-0.15, -0.1) is 0 Å². The number of likely N-dealkylation sites (N-methyl/N-ethyl adjacent to an activating group) is 1. The largest absolute Gasteiger partial charge is 0.373 e. The van der Waals surface area contributed by atoms with E-state index in [1.165, 1.54) is 0 Å². The van der Waals surface area contributed by atoms with Gasteiger partial charge in [0.15, 0.2) is 0 Å². The monoisotopic (exact) mass is 250 g/mol. The van der Waals surface area contributed by atoms with Gasteiger partial charge in [-0.25, -0.2) is 4.98 Å². The van der Waals surface area contributed by atoms with Crippen molar-refractivity contribution in [2.24, 2.45) is 0 Å². The molecule has 0 unspecified atom stereocenters. The smallest absolute Gasteiger partial charge is 0.239 e. The van der Waals surface area contributed by atoms with Crippen LogP contribution in [-0.2, 0) is 4.79 Å². The van der Waals surface area contributed by atoms with E-state index in [1.54, 1.807) is 6.20 Å². The van der Waals surface area contributed by atoms with Crippen LogP contribution in [-0.4, -0.2) is 37.1 Å². The van der Waals surface area contributed by atoms with Crippen LogP contribution in [0.5, 0.6) is 0 Å². The Labute approximate surface area is 109 Å². The van der Waals surface area contributed by atoms with Gasteiger partial charge in [0.2, 0.25) is 5.91 Å². The van der Waals surface area contributed by atoms with Crippen molar-refractivity contribution in [2.75, 3.05) is 30.4 Å². The van der Waals surface area contributed by atoms with Crippen LogP contribution in [0, 0.1) is 0 Å². The summed E-state index contributed by atoms with van der Waals surface area (Å²) in [4.78, 5) is 17.9. The van der Waals surface area contributed by atoms with E-state index in [-0.39, 0.29) is 11.9 Å². The van der Waals surface area contributed by atoms with Gasteiger partial charge in [-0.1, -0.05) is 0 Å². The number of aromatic nitrogens is 1. The third-order valence-electron chi connectivity index (χ3n) is 2.53. The Morgan fingerprint density at radius 3 is 2.78 bits per heavy atom. The van der Waals surface area contributed by atoms with Crippen LogP contribution < -0.4 is 15.5 Å². The molecule has 2 N–H and O–H groups in total. The molecule has 0 aliphatic carbocycles. The van der Waals surface area contributed by atoms with Gasteiger partial charge in [-0.3, -0.25) is 4.79 Å². The summed E-state index contributed by atoms with van der Waals surface area (Å²) in [6.45, 7) is 7.09. The molecule has 1 rings (SSSR count). The first-order chi connectivity index (χ1) is 8.56. The Balaban J connectivity index is 2.73. The van der Waals surface area contributed by atoms with Crippen molar-refractivity contribution in [1.29, 1.82) is 0 Å². The maximum atomic E-state index is 11.8. The van der Waals surface area contributed by atoms with Crippen molar-refractivity contribution in [1.82, 2.24) is 10.3 Å². The highest BCUT2D eigenvalue weighted by Gasteiger charge is 2.11. The van der Waals surface area contributed by atoms with Gasteiger partial charge < -0.3 is 15.5 Å². The number of carbonyl (C=O) groups is 1. The summed E-state index contributed by atoms with van der Waals surface area (Å²) in [5, 5.41) is 5.89. The van der Waals surface area contributed by atoms with Gasteiger partial charge >= 0.3 is 0 Å². The Morgan fingerprint density at radius 1 is 1.50 bits per heavy atom. The standard InChI is InChI=1S/C13H22N4O/c1-5-17(9-13(18)16-10(2)3)11-6-7-15-12(8-11)14-4/h6-8,10H,5,9H2,1-4H3,(H,14,15)(H,16,18). The van der Waals surface area contributed by atoms with Gasteiger partial charge in [0, 0.05) is 37.6 Å². The van der Waals surface area contributed by atoms with Crippen LogP contribution in [0.3, 0.4) is 0 Å². The zero-order chi connectivity index (χ0) is 13.5. The SMILES string of the molecule is CCN(CC(=O)NC(C)C)c1ccnc(NC)c1. The first kappa shape index (κ1) is 14.3. The van der Waals surface area contributed by atoms with Gasteiger partial charge in [0.25, 0.3) is 0 Å². The molecule has 0 saturated carbocycles. The molecule has 0 fully saturated rings. The molecule has 0 aliphatic heterocycles. The van der Waals surface area contributed by atoms with Gasteiger partial charge in [-0.05, 0) is 26.8 Å². The van der Waals surface area contributed by atoms with Crippen LogP contribution in [0.25, 0.3) is 0 Å². The molecular weight excluding hydrogens is 228 g/mol. The first-order valence-corrected chi connectivity index (χ1v) is 6.25. The van der Waals surface area contributed by atoms with E-state index in [2.05, 4.69) is 15.6 Å². The van der Waals surface area contributed by atoms with Crippen LogP contribution in [0.2, 0.25) is 0 Å². The molecule has 1 aromatic heterocycles. The molecule has 0 aliphatic rings. The zero-order valence-electron chi connectivity index (χ0n) is 11.5. The molecule has 100 valence electrons. The summed E-state index contributed by atoms with van der Waals surface area (Å²) < 4.78 is 0. The van der Waals surface area contributed by atoms with E-state index in [1.807, 2.05) is 44.9 Å². The lowest BCUT2D eigenvalue weighted by atomic mass is 10.3. The molecule has 5 heteroatoms. The van der Waals surface area contributed by atoms with Crippen molar-refractivity contribution < 1.29 is 4.79 Å². The minimum atomic E-state index is 0.0367. The number of pyridine rings is 1. The summed E-state index contributed by atoms with van der Waals surface area (Å²) in [5.41, 5.74) is 0.996. The molecule has 0 spiro atoms. The van der Waals surface area contributed by atoms with E-state index >= 15 is 0 Å². The topological polar surface area (TPSA) is 57.3 Å². The molecule has 1 aromatic rings. The molecule has 18 heavy (non-hydrogen) atoms. The molecule has 5 nitrogen and oxygen atoms in total. The summed E-state index contributed by atoms with van der Waals surface area (Å²) in [5.74, 6) is 0.838. The Bertz CT molecular complexity index is 392. The van der Waals surface area contributed by atoms with Gasteiger partial charge in [0.1, 0.15) is 5.82 Å². The Hall–Kier alpha value is -1.78. The van der Waals surface area contributed by atoms with Crippen LogP contribution in [0.1, 0.15) is 20.8 Å². The van der Waals surface area contributed by atoms with Crippen molar-refractivity contribution in [3.05, 3.63) is 18.3 Å². The minimum Gasteiger partial charge on any atom is -0.373 e. The van der Waals surface area contributed by atoms with E-state index < -0.39 is 0 Å². The van der Waals surface area contributed by atoms with E-state index in [4.69, 9.17) is 0 Å². The number of hydrogen-bond acceptors (Lipinski definition) is 4. The number of nitrogens with one attached hydrogen (secondary N) is 2. The third-order valence-corrected chi connectivity index (χ3v) is 2.53. The van der Waals surface area contributed by atoms with Crippen LogP contribution >= 0.6 is 0 Å². The molecule has 1 heterocycles. The maximum absolute atomic E-state index is 11.8. The van der Waals surface area contributed by atoms with Gasteiger partial charge in [0.05, 0.1) is 6.54 Å². The Kier molecular flexibility index (Phi) is 5.42. The predicted molar refractivity (Wildman–Crippen MR) is 74.9 cm³/mol. The fourth-order valence-electron chi connectivity index (χ4n) is 1.68. The second kappa shape index (κ2) is 6.83. The number of rotatable bonds is 6. The number of carbonyl (C=O) groups excluding carboxylic acids is 1. The van der Waals surface area contributed by atoms with Gasteiger partial charge in [-0.2, -0.15) is 0 Å². The second-order valence-corrected chi connectivity index (χ2v) is 4.39. The second-order valence-electron chi connectivity index (χ2n) is 4.39. The summed E-state index contributed by atoms with van der Waals surface area (Å²) in [6, 6.07) is 4.01. The van der Waals surface area contributed by atoms with Crippen LogP contribution in [0.15, 0.2) is 18.3 Å². The quantitative estimate of drug-likeness (QED) is 0.803. The third kappa shape index (κ3) is 4.24. The summed E-state index contributed by atoms with van der Waals surface area (Å²) >= 11 is 0. The lowest BCUT2D eigenvalue weighted by molar-refractivity contribution is -0.120. The molecular formula is C13H22N4O. The molecule has 0 bridgehead atoms.